The molecule has 708 valence electrons. The van der Waals surface area contributed by atoms with Gasteiger partial charge in [0, 0.05) is 207 Å². The van der Waals surface area contributed by atoms with Gasteiger partial charge < -0.3 is 34.5 Å². The van der Waals surface area contributed by atoms with Crippen LogP contribution < -0.4 is 19.6 Å². The van der Waals surface area contributed by atoms with Crippen molar-refractivity contribution in [2.45, 2.75) is 159 Å². The first-order valence-corrected chi connectivity index (χ1v) is 47.8. The van der Waals surface area contributed by atoms with Crippen molar-refractivity contribution in [3.63, 3.8) is 0 Å². The quantitative estimate of drug-likeness (QED) is 0.0284. The lowest BCUT2D eigenvalue weighted by Gasteiger charge is -2.30. The lowest BCUT2D eigenvalue weighted by Crippen LogP contribution is -2.26. The molecule has 0 fully saturated rings. The van der Waals surface area contributed by atoms with Gasteiger partial charge in [-0.3, -0.25) is 39.3 Å². The van der Waals surface area contributed by atoms with Crippen molar-refractivity contribution in [1.82, 2.24) is 34.5 Å². The first-order chi connectivity index (χ1) is 65.7. The molecule has 2 heterocycles. The summed E-state index contributed by atoms with van der Waals surface area (Å²) in [5.41, 5.74) is 29.4. The Labute approximate surface area is 813 Å². The smallest absolute Gasteiger partial charge is 0.293 e. The zero-order valence-electron chi connectivity index (χ0n) is 83.2. The summed E-state index contributed by atoms with van der Waals surface area (Å²) in [6, 6.07) is 105. The van der Waals surface area contributed by atoms with Crippen LogP contribution in [-0.4, -0.2) is 121 Å². The van der Waals surface area contributed by atoms with E-state index in [4.69, 9.17) is 4.74 Å². The number of aromatic nitrogens is 2. The summed E-state index contributed by atoms with van der Waals surface area (Å²) in [4.78, 5) is 39.4. The van der Waals surface area contributed by atoms with Crippen molar-refractivity contribution in [2.24, 2.45) is 11.3 Å². The number of nitrogens with zero attached hydrogens (tertiary/aromatic N) is 11. The molecule has 15 rings (SSSR count). The van der Waals surface area contributed by atoms with Crippen LogP contribution in [-0.2, 0) is 94.7 Å². The molecule has 136 heavy (non-hydrogen) atoms. The van der Waals surface area contributed by atoms with Gasteiger partial charge in [0.2, 0.25) is 0 Å². The zero-order chi connectivity index (χ0) is 96.6. The Morgan fingerprint density at radius 2 is 0.728 bits per heavy atom. The summed E-state index contributed by atoms with van der Waals surface area (Å²) in [5, 5.41) is 19.8. The fourth-order valence-electron chi connectivity index (χ4n) is 16.5. The Bertz CT molecular complexity index is 5660. The zero-order valence-corrected chi connectivity index (χ0v) is 83.2. The van der Waals surface area contributed by atoms with Gasteiger partial charge in [0.25, 0.3) is 6.47 Å². The van der Waals surface area contributed by atoms with Crippen LogP contribution in [0.15, 0.2) is 370 Å². The van der Waals surface area contributed by atoms with Crippen LogP contribution in [0, 0.1) is 32.1 Å². The van der Waals surface area contributed by atoms with E-state index in [1.807, 2.05) is 36.7 Å². The van der Waals surface area contributed by atoms with Crippen LogP contribution in [0.4, 0.5) is 22.7 Å². The number of aromatic hydroxyl groups is 2. The van der Waals surface area contributed by atoms with E-state index < -0.39 is 0 Å². The molecular weight excluding hydrogens is 1670 g/mol. The van der Waals surface area contributed by atoms with Crippen molar-refractivity contribution < 1.29 is 19.7 Å². The van der Waals surface area contributed by atoms with Gasteiger partial charge in [-0.25, -0.2) is 0 Å². The number of hydrogen-bond acceptors (Lipinski definition) is 15. The van der Waals surface area contributed by atoms with Crippen LogP contribution in [0.25, 0.3) is 0 Å². The minimum absolute atomic E-state index is 0.159. The summed E-state index contributed by atoms with van der Waals surface area (Å²) >= 11 is 0. The molecule has 15 nitrogen and oxygen atoms in total. The van der Waals surface area contributed by atoms with Gasteiger partial charge in [-0.2, -0.15) is 0 Å². The third-order valence-electron chi connectivity index (χ3n) is 24.8. The van der Waals surface area contributed by atoms with Crippen LogP contribution in [0.2, 0.25) is 0 Å². The second-order valence-electron chi connectivity index (χ2n) is 38.1. The standard InChI is InChI=1S/C26H33N3.C25H31N3.C25H32N2.C24H27NO2.C21H22N2O2/c1-21(24-9-7-6-8-10-24)29(19-22-11-15-25(16-12-22)27(2)3)20-23-13-17-26(18-14-23)28(4)5;1-26(2)24-14-10-22(11-15-24)19-28(18-21-8-6-5-7-9-21)20-23-12-16-25(17-13-23)27(3)4;1-20-5-7-21(8-6-20)17-27(19-23-13-15-26-16-14-23)18-22-9-11-24(12-10-22)25(2,3)4;1-20-7-9-22(10-8-20)16-25(15-21-5-3-2-4-6-21)17-23-11-13-24(14-12-23)18-27-19-26;1-16-2-4-17(5-3-16)13-23(14-18-8-10-22-11-9-18)15-19-12-20(24)6-7-21(19)25/h6-18,21H,19-20H2,1-5H3;5-17H,18-20H2,1-4H3;5-11,13-16,24H,12,17-19H2,1-4H3;2-3,5,7-14,19H,4,6,15-18H2,1H3;2-12,24-25H,13-15H2,1H3. The highest BCUT2D eigenvalue weighted by Crippen LogP contribution is 2.35. The Morgan fingerprint density at radius 1 is 0.390 bits per heavy atom. The van der Waals surface area contributed by atoms with Crippen molar-refractivity contribution in [3.05, 3.63) is 464 Å². The third kappa shape index (κ3) is 35.9. The predicted molar refractivity (Wildman–Crippen MR) is 568 cm³/mol. The average molecular weight is 1820 g/mol. The largest absolute Gasteiger partial charge is 0.508 e. The maximum Gasteiger partial charge on any atom is 0.293 e. The molecule has 0 aliphatic heterocycles. The van der Waals surface area contributed by atoms with E-state index in [1.54, 1.807) is 18.5 Å². The van der Waals surface area contributed by atoms with Gasteiger partial charge >= 0.3 is 0 Å². The van der Waals surface area contributed by atoms with E-state index in [0.29, 0.717) is 42.6 Å². The molecule has 2 aliphatic rings. The number of aryl methyl sites for hydroxylation is 3. The fourth-order valence-corrected chi connectivity index (χ4v) is 16.5. The number of carbonyl (C=O) groups is 1. The molecule has 15 heteroatoms. The highest BCUT2D eigenvalue weighted by Gasteiger charge is 2.25. The number of carbonyl (C=O) groups excluding carboxylic acids is 1. The van der Waals surface area contributed by atoms with Crippen LogP contribution in [0.5, 0.6) is 11.5 Å². The van der Waals surface area contributed by atoms with Crippen molar-refractivity contribution in [2.75, 3.05) is 89.1 Å². The van der Waals surface area contributed by atoms with E-state index in [-0.39, 0.29) is 11.5 Å². The van der Waals surface area contributed by atoms with Crippen molar-refractivity contribution in [3.8, 4) is 11.5 Å². The Kier molecular flexibility index (Phi) is 40.8. The summed E-state index contributed by atoms with van der Waals surface area (Å²) in [5.74, 6) is 0.987. The maximum absolute atomic E-state index is 10.3. The molecule has 13 aromatic rings. The SMILES string of the molecule is CC(c1ccccc1)N(Cc1ccc(N(C)C)cc1)Cc1ccc(N(C)C)cc1.CN(C)c1ccc(CN(Cc2ccccc2)Cc2ccc(N(C)C)cc2)cc1.Cc1ccc(CN(CC2=CC=CCC2)Cc2ccc(COC=O)cc2)cc1.Cc1ccc(CN(CC2=CCC(C(C)(C)C)C=C2)Cc2ccncc2)cc1.Cc1ccc(CN(Cc2ccncc2)Cc2cc(O)ccc2O)cc1. The first kappa shape index (κ1) is 103. The number of ether oxygens (including phenoxy) is 1. The molecule has 0 saturated heterocycles. The summed E-state index contributed by atoms with van der Waals surface area (Å²) < 4.78 is 4.82. The molecule has 0 amide bonds. The first-order valence-electron chi connectivity index (χ1n) is 47.8. The monoisotopic (exact) mass is 1820 g/mol. The maximum atomic E-state index is 10.3. The number of anilines is 4. The summed E-state index contributed by atoms with van der Waals surface area (Å²) in [7, 11) is 16.6. The second-order valence-corrected chi connectivity index (χ2v) is 38.1. The number of benzene rings is 11. The van der Waals surface area contributed by atoms with Gasteiger partial charge in [0.15, 0.2) is 0 Å². The van der Waals surface area contributed by atoms with Crippen LogP contribution in [0.1, 0.15) is 148 Å². The van der Waals surface area contributed by atoms with E-state index >= 15 is 0 Å². The highest BCUT2D eigenvalue weighted by atomic mass is 16.5. The van der Waals surface area contributed by atoms with Gasteiger partial charge in [0.1, 0.15) is 18.1 Å². The molecule has 0 spiro atoms. The van der Waals surface area contributed by atoms with E-state index in [1.165, 1.54) is 124 Å². The number of allylic oxidation sites excluding steroid dienone is 5. The Morgan fingerprint density at radius 3 is 1.09 bits per heavy atom. The lowest BCUT2D eigenvalue weighted by atomic mass is 9.76. The highest BCUT2D eigenvalue weighted by molar-refractivity contribution is 5.50. The van der Waals surface area contributed by atoms with Gasteiger partial charge in [-0.1, -0.05) is 286 Å². The van der Waals surface area contributed by atoms with Gasteiger partial charge in [0.05, 0.1) is 0 Å². The molecule has 0 radical (unpaired) electrons. The number of rotatable bonds is 37. The van der Waals surface area contributed by atoms with E-state index in [9.17, 15) is 15.0 Å². The summed E-state index contributed by atoms with van der Waals surface area (Å²) in [6.45, 7) is 28.7. The number of pyridine rings is 2. The minimum atomic E-state index is 0.159. The third-order valence-corrected chi connectivity index (χ3v) is 24.8. The van der Waals surface area contributed by atoms with Crippen LogP contribution in [0.3, 0.4) is 0 Å². The topological polar surface area (TPSA) is 122 Å². The Balaban J connectivity index is 0.000000163. The predicted octanol–water partition coefficient (Wildman–Crippen LogP) is 25.5. The number of hydrogen-bond donors (Lipinski definition) is 2. The van der Waals surface area contributed by atoms with Gasteiger partial charge in [-0.05, 0) is 227 Å². The lowest BCUT2D eigenvalue weighted by molar-refractivity contribution is -0.129. The molecule has 0 saturated carbocycles. The Hall–Kier alpha value is -13.3. The van der Waals surface area contributed by atoms with E-state index in [0.717, 1.165) is 115 Å². The van der Waals surface area contributed by atoms with Crippen molar-refractivity contribution >= 4 is 29.2 Å². The van der Waals surface area contributed by atoms with Crippen molar-refractivity contribution in [1.29, 1.82) is 0 Å². The van der Waals surface area contributed by atoms with Crippen LogP contribution >= 0.6 is 0 Å². The molecule has 2 aromatic heterocycles. The number of phenolic OH excluding ortho intramolecular Hbond substituents is 2. The molecule has 2 atom stereocenters. The average Bonchev–Trinajstić information content (AvgIpc) is 0.836. The molecule has 0 bridgehead atoms. The summed E-state index contributed by atoms with van der Waals surface area (Å²) in [6.07, 6.45) is 24.6. The minimum Gasteiger partial charge on any atom is -0.508 e. The molecule has 2 aliphatic carbocycles. The molecule has 2 unspecified atom stereocenters. The second kappa shape index (κ2) is 53.7. The molecular formula is C121H145N11O4. The fraction of sp³-hybridized carbons (Fsp3) is 0.298. The number of phenols is 2. The molecule has 11 aromatic carbocycles. The normalized spacial score (nSPS) is 12.9. The van der Waals surface area contributed by atoms with Gasteiger partial charge in [-0.15, -0.1) is 0 Å². The molecule has 2 N–H and O–H groups in total. The van der Waals surface area contributed by atoms with E-state index in [2.05, 4.69) is 450 Å².